The summed E-state index contributed by atoms with van der Waals surface area (Å²) < 4.78 is 35.4. The summed E-state index contributed by atoms with van der Waals surface area (Å²) >= 11 is 1.02. The van der Waals surface area contributed by atoms with Crippen LogP contribution >= 0.6 is 11.3 Å². The molecule has 3 aromatic carbocycles. The van der Waals surface area contributed by atoms with E-state index in [4.69, 9.17) is 4.74 Å². The molecule has 11 nitrogen and oxygen atoms in total. The van der Waals surface area contributed by atoms with Crippen molar-refractivity contribution < 1.29 is 22.9 Å². The number of nitrogens with one attached hydrogen (secondary N) is 1. The average molecular weight is 543 g/mol. The largest absolute Gasteiger partial charge is 0.497 e. The van der Waals surface area contributed by atoms with E-state index in [0.717, 1.165) is 21.7 Å². The van der Waals surface area contributed by atoms with Crippen molar-refractivity contribution >= 4 is 54.5 Å². The highest BCUT2D eigenvalue weighted by molar-refractivity contribution is 7.92. The van der Waals surface area contributed by atoms with Gasteiger partial charge in [-0.05, 0) is 55.5 Å². The van der Waals surface area contributed by atoms with Crippen molar-refractivity contribution in [2.45, 2.75) is 11.8 Å². The minimum atomic E-state index is -4.39. The minimum Gasteiger partial charge on any atom is -0.497 e. The second-order valence-corrected chi connectivity index (χ2v) is 10.9. The number of methoxy groups -OCH3 is 1. The third-order valence-electron chi connectivity index (χ3n) is 5.69. The van der Waals surface area contributed by atoms with E-state index in [1.165, 1.54) is 42.9 Å². The van der Waals surface area contributed by atoms with E-state index in [-0.39, 0.29) is 21.1 Å². The first-order valence-electron chi connectivity index (χ1n) is 10.8. The number of carbonyl (C=O) groups excluding carboxylic acids is 1. The molecule has 0 aliphatic carbocycles. The number of sulfonamides is 1. The van der Waals surface area contributed by atoms with Crippen LogP contribution < -0.4 is 19.2 Å². The molecule has 0 saturated carbocycles. The zero-order valence-corrected chi connectivity index (χ0v) is 21.6. The minimum absolute atomic E-state index is 0.151. The van der Waals surface area contributed by atoms with Gasteiger partial charge >= 0.3 is 4.87 Å². The van der Waals surface area contributed by atoms with Crippen molar-refractivity contribution in [3.8, 4) is 5.75 Å². The van der Waals surface area contributed by atoms with Gasteiger partial charge in [-0.2, -0.15) is 0 Å². The summed E-state index contributed by atoms with van der Waals surface area (Å²) in [7, 11) is -1.28. The lowest BCUT2D eigenvalue weighted by atomic mass is 10.2. The van der Waals surface area contributed by atoms with Crippen LogP contribution in [0.5, 0.6) is 5.75 Å². The molecule has 0 fully saturated rings. The Labute approximate surface area is 215 Å². The molecule has 13 heteroatoms. The number of anilines is 2. The highest BCUT2D eigenvalue weighted by atomic mass is 32.2. The fraction of sp³-hybridized carbons (Fsp3) is 0.167. The van der Waals surface area contributed by atoms with Crippen LogP contribution in [0.3, 0.4) is 0 Å². The number of carbonyl (C=O) groups is 1. The molecule has 0 radical (unpaired) electrons. The fourth-order valence-corrected chi connectivity index (χ4v) is 6.04. The summed E-state index contributed by atoms with van der Waals surface area (Å²) in [6.07, 6.45) is 0. The number of nitrogens with zero attached hydrogens (tertiary/aromatic N) is 3. The first kappa shape index (κ1) is 25.9. The highest BCUT2D eigenvalue weighted by Crippen LogP contribution is 2.29. The van der Waals surface area contributed by atoms with Crippen LogP contribution in [0.25, 0.3) is 10.2 Å². The van der Waals surface area contributed by atoms with Crippen molar-refractivity contribution in [2.24, 2.45) is 7.05 Å². The first-order chi connectivity index (χ1) is 17.5. The first-order valence-corrected chi connectivity index (χ1v) is 13.1. The van der Waals surface area contributed by atoms with Crippen LogP contribution in [-0.4, -0.2) is 37.5 Å². The Bertz CT molecular complexity index is 1680. The molecule has 0 bridgehead atoms. The standard InChI is InChI=1S/C24H22N4O7S2/c1-15-4-10-19(13-21(15)28(31)32)37(33,34)27(17-6-8-18(35-3)9-7-17)14-23(29)25-16-5-11-20-22(12-16)36-24(30)26(20)2/h4-13H,14H2,1-3H3,(H,25,29). The van der Waals surface area contributed by atoms with Crippen LogP contribution in [0.4, 0.5) is 17.1 Å². The zero-order chi connectivity index (χ0) is 26.9. The Kier molecular flexibility index (Phi) is 7.01. The van der Waals surface area contributed by atoms with Crippen molar-refractivity contribution in [1.29, 1.82) is 0 Å². The van der Waals surface area contributed by atoms with Crippen LogP contribution in [0.15, 0.2) is 70.4 Å². The Hall–Kier alpha value is -4.23. The summed E-state index contributed by atoms with van der Waals surface area (Å²) in [4.78, 5) is 35.2. The normalized spacial score (nSPS) is 11.3. The molecule has 4 rings (SSSR count). The molecular weight excluding hydrogens is 520 g/mol. The number of aromatic nitrogens is 1. The second kappa shape index (κ2) is 10.0. The summed E-state index contributed by atoms with van der Waals surface area (Å²) in [5, 5.41) is 14.1. The van der Waals surface area contributed by atoms with Crippen LogP contribution in [0.1, 0.15) is 5.56 Å². The van der Waals surface area contributed by atoms with Gasteiger partial charge in [0.15, 0.2) is 0 Å². The predicted octanol–water partition coefficient (Wildman–Crippen LogP) is 3.66. The molecule has 0 saturated heterocycles. The highest BCUT2D eigenvalue weighted by Gasteiger charge is 2.29. The van der Waals surface area contributed by atoms with E-state index in [0.29, 0.717) is 27.2 Å². The Morgan fingerprint density at radius 1 is 1.14 bits per heavy atom. The molecular formula is C24H22N4O7S2. The topological polar surface area (TPSA) is 141 Å². The van der Waals surface area contributed by atoms with E-state index in [1.54, 1.807) is 37.4 Å². The molecule has 1 aromatic heterocycles. The molecule has 0 atom stereocenters. The van der Waals surface area contributed by atoms with Crippen LogP contribution in [-0.2, 0) is 21.9 Å². The van der Waals surface area contributed by atoms with E-state index in [2.05, 4.69) is 5.32 Å². The number of thiazole rings is 1. The van der Waals surface area contributed by atoms with Crippen molar-refractivity contribution in [1.82, 2.24) is 4.57 Å². The van der Waals surface area contributed by atoms with Gasteiger partial charge in [-0.15, -0.1) is 0 Å². The van der Waals surface area contributed by atoms with Crippen molar-refractivity contribution in [3.05, 3.63) is 86.0 Å². The number of fused-ring (bicyclic) bond motifs is 1. The van der Waals surface area contributed by atoms with E-state index in [9.17, 15) is 28.1 Å². The molecule has 1 amide bonds. The van der Waals surface area contributed by atoms with Crippen LogP contribution in [0.2, 0.25) is 0 Å². The molecule has 1 heterocycles. The lowest BCUT2D eigenvalue weighted by Crippen LogP contribution is -2.38. The zero-order valence-electron chi connectivity index (χ0n) is 20.0. The molecule has 0 aliphatic rings. The van der Waals surface area contributed by atoms with Crippen LogP contribution in [0, 0.1) is 17.0 Å². The average Bonchev–Trinajstić information content (AvgIpc) is 3.15. The van der Waals surface area contributed by atoms with E-state index in [1.807, 2.05) is 0 Å². The number of ether oxygens (including phenoxy) is 1. The van der Waals surface area contributed by atoms with Gasteiger partial charge in [-0.1, -0.05) is 17.4 Å². The quantitative estimate of drug-likeness (QED) is 0.265. The summed E-state index contributed by atoms with van der Waals surface area (Å²) in [6.45, 7) is 0.892. The van der Waals surface area contributed by atoms with Gasteiger partial charge in [0.2, 0.25) is 5.91 Å². The maximum Gasteiger partial charge on any atom is 0.307 e. The smallest absolute Gasteiger partial charge is 0.307 e. The van der Waals surface area contributed by atoms with E-state index >= 15 is 0 Å². The van der Waals surface area contributed by atoms with E-state index < -0.39 is 27.4 Å². The molecule has 4 aromatic rings. The number of nitro benzene ring substituents is 1. The molecule has 37 heavy (non-hydrogen) atoms. The molecule has 0 aliphatic heterocycles. The fourth-order valence-electron chi connectivity index (χ4n) is 3.68. The maximum atomic E-state index is 13.6. The molecule has 0 unspecified atom stereocenters. The molecule has 1 N–H and O–H groups in total. The van der Waals surface area contributed by atoms with Crippen molar-refractivity contribution in [3.63, 3.8) is 0 Å². The summed E-state index contributed by atoms with van der Waals surface area (Å²) in [6, 6.07) is 14.5. The third kappa shape index (κ3) is 5.17. The Morgan fingerprint density at radius 2 is 1.84 bits per heavy atom. The Morgan fingerprint density at radius 3 is 2.49 bits per heavy atom. The number of hydrogen-bond donors (Lipinski definition) is 1. The van der Waals surface area contributed by atoms with Gasteiger partial charge in [0.05, 0.1) is 32.8 Å². The molecule has 192 valence electrons. The molecule has 0 spiro atoms. The number of amides is 1. The van der Waals surface area contributed by atoms with Gasteiger partial charge in [-0.3, -0.25) is 24.0 Å². The summed E-state index contributed by atoms with van der Waals surface area (Å²) in [5.74, 6) is -0.171. The number of nitro groups is 1. The SMILES string of the molecule is COc1ccc(N(CC(=O)Nc2ccc3c(c2)sc(=O)n3C)S(=O)(=O)c2ccc(C)c([N+](=O)[O-])c2)cc1. The lowest BCUT2D eigenvalue weighted by molar-refractivity contribution is -0.385. The third-order valence-corrected chi connectivity index (χ3v) is 8.45. The number of benzene rings is 3. The second-order valence-electron chi connectivity index (χ2n) is 8.07. The van der Waals surface area contributed by atoms with Gasteiger partial charge < -0.3 is 14.6 Å². The van der Waals surface area contributed by atoms with Crippen molar-refractivity contribution in [2.75, 3.05) is 23.3 Å². The maximum absolute atomic E-state index is 13.6. The van der Waals surface area contributed by atoms with Gasteiger partial charge in [-0.25, -0.2) is 8.42 Å². The predicted molar refractivity (Wildman–Crippen MR) is 141 cm³/mol. The number of rotatable bonds is 8. The van der Waals surface area contributed by atoms with Gasteiger partial charge in [0, 0.05) is 24.4 Å². The Balaban J connectivity index is 1.69. The van der Waals surface area contributed by atoms with Gasteiger partial charge in [0.1, 0.15) is 12.3 Å². The lowest BCUT2D eigenvalue weighted by Gasteiger charge is -2.24. The monoisotopic (exact) mass is 542 g/mol. The summed E-state index contributed by atoms with van der Waals surface area (Å²) in [5.41, 5.74) is 1.20. The van der Waals surface area contributed by atoms with Gasteiger partial charge in [0.25, 0.3) is 15.7 Å². The number of hydrogen-bond acceptors (Lipinski definition) is 8. The number of aryl methyl sites for hydroxylation is 2.